The Hall–Kier alpha value is -2.60. The lowest BCUT2D eigenvalue weighted by atomic mass is 9.82. The maximum Gasteiger partial charge on any atom is 0.409 e. The molecule has 1 saturated heterocycles. The molecule has 31 heavy (non-hydrogen) atoms. The number of pyridine rings is 1. The molecule has 2 aromatic rings. The van der Waals surface area contributed by atoms with E-state index in [0.717, 1.165) is 44.2 Å². The van der Waals surface area contributed by atoms with Crippen molar-refractivity contribution in [1.82, 2.24) is 9.88 Å². The number of hydrogen-bond acceptors (Lipinski definition) is 5. The summed E-state index contributed by atoms with van der Waals surface area (Å²) >= 11 is 0. The van der Waals surface area contributed by atoms with Gasteiger partial charge < -0.3 is 19.5 Å². The summed E-state index contributed by atoms with van der Waals surface area (Å²) in [4.78, 5) is 18.5. The van der Waals surface area contributed by atoms with Crippen LogP contribution >= 0.6 is 0 Å². The Kier molecular flexibility index (Phi) is 7.07. The van der Waals surface area contributed by atoms with Crippen LogP contribution in [-0.2, 0) is 9.47 Å². The van der Waals surface area contributed by atoms with Crippen molar-refractivity contribution >= 4 is 6.09 Å². The second-order valence-corrected chi connectivity index (χ2v) is 8.62. The van der Waals surface area contributed by atoms with Crippen LogP contribution in [0.5, 0.6) is 5.88 Å². The van der Waals surface area contributed by atoms with Gasteiger partial charge in [0.15, 0.2) is 0 Å². The standard InChI is InChI=1S/C25H32N2O4/c1-30-25(29)27-16-6-9-21(22-10-5-11-24(28)26-22)23(27)17-31-20-14-12-19(13-15-20)18-7-3-2-4-8-18/h2-5,7-8,10-11,19-21,23H,6,9,12-17H2,1H3,(H,26,28)/t19-,20+,21-,23+/m1/s1. The Balaban J connectivity index is 1.41. The molecule has 0 bridgehead atoms. The number of methoxy groups -OCH3 is 1. The normalized spacial score (nSPS) is 26.4. The Morgan fingerprint density at radius 2 is 1.84 bits per heavy atom. The highest BCUT2D eigenvalue weighted by Crippen LogP contribution is 2.36. The number of amides is 1. The fourth-order valence-corrected chi connectivity index (χ4v) is 5.12. The molecule has 1 aliphatic heterocycles. The van der Waals surface area contributed by atoms with E-state index in [1.54, 1.807) is 17.0 Å². The van der Waals surface area contributed by atoms with Crippen LogP contribution in [-0.4, -0.2) is 53.5 Å². The molecule has 6 nitrogen and oxygen atoms in total. The van der Waals surface area contributed by atoms with Gasteiger partial charge in [-0.2, -0.15) is 0 Å². The number of hydrogen-bond donors (Lipinski definition) is 1. The molecule has 1 aliphatic carbocycles. The number of piperidine rings is 1. The monoisotopic (exact) mass is 424 g/mol. The molecule has 0 unspecified atom stereocenters. The van der Waals surface area contributed by atoms with E-state index in [4.69, 9.17) is 9.47 Å². The van der Waals surface area contributed by atoms with E-state index in [1.807, 2.05) is 6.07 Å². The van der Waals surface area contributed by atoms with E-state index >= 15 is 0 Å². The number of ether oxygens (including phenoxy) is 2. The molecule has 166 valence electrons. The van der Waals surface area contributed by atoms with Gasteiger partial charge in [0, 0.05) is 24.2 Å². The first kappa shape index (κ1) is 21.6. The lowest BCUT2D eigenvalue weighted by Gasteiger charge is -2.41. The summed E-state index contributed by atoms with van der Waals surface area (Å²) in [5.41, 5.74) is 2.22. The van der Waals surface area contributed by atoms with Crippen LogP contribution in [0, 0.1) is 0 Å². The van der Waals surface area contributed by atoms with Gasteiger partial charge in [-0.1, -0.05) is 36.4 Å². The molecule has 2 heterocycles. The van der Waals surface area contributed by atoms with Crippen LogP contribution in [0.1, 0.15) is 61.6 Å². The van der Waals surface area contributed by atoms with Gasteiger partial charge in [-0.15, -0.1) is 0 Å². The Morgan fingerprint density at radius 3 is 2.55 bits per heavy atom. The minimum absolute atomic E-state index is 0.00611. The Labute approximate surface area is 184 Å². The Morgan fingerprint density at radius 1 is 1.06 bits per heavy atom. The van der Waals surface area contributed by atoms with E-state index in [0.29, 0.717) is 19.1 Å². The smallest absolute Gasteiger partial charge is 0.409 e. The highest BCUT2D eigenvalue weighted by Gasteiger charge is 2.37. The average molecular weight is 425 g/mol. The number of benzene rings is 1. The molecule has 2 fully saturated rings. The zero-order valence-corrected chi connectivity index (χ0v) is 18.2. The van der Waals surface area contributed by atoms with E-state index in [2.05, 4.69) is 35.3 Å². The minimum Gasteiger partial charge on any atom is -0.493 e. The maximum absolute atomic E-state index is 12.5. The van der Waals surface area contributed by atoms with Crippen molar-refractivity contribution in [3.63, 3.8) is 0 Å². The molecule has 0 radical (unpaired) electrons. The van der Waals surface area contributed by atoms with Crippen molar-refractivity contribution in [3.8, 4) is 5.88 Å². The largest absolute Gasteiger partial charge is 0.493 e. The second kappa shape index (κ2) is 10.1. The van der Waals surface area contributed by atoms with Crippen LogP contribution in [0.4, 0.5) is 4.79 Å². The lowest BCUT2D eigenvalue weighted by Crippen LogP contribution is -2.50. The number of carbonyl (C=O) groups is 1. The summed E-state index contributed by atoms with van der Waals surface area (Å²) in [5, 5.41) is 9.86. The van der Waals surface area contributed by atoms with Gasteiger partial charge in [-0.3, -0.25) is 0 Å². The van der Waals surface area contributed by atoms with Crippen molar-refractivity contribution in [2.45, 2.75) is 62.5 Å². The second-order valence-electron chi connectivity index (χ2n) is 8.62. The summed E-state index contributed by atoms with van der Waals surface area (Å²) < 4.78 is 11.4. The van der Waals surface area contributed by atoms with E-state index in [9.17, 15) is 9.90 Å². The van der Waals surface area contributed by atoms with Gasteiger partial charge >= 0.3 is 6.09 Å². The topological polar surface area (TPSA) is 71.9 Å². The molecule has 4 rings (SSSR count). The first-order valence-corrected chi connectivity index (χ1v) is 11.3. The van der Waals surface area contributed by atoms with Crippen molar-refractivity contribution in [2.24, 2.45) is 0 Å². The SMILES string of the molecule is COC(=O)N1CCC[C@H](c2cccc(O)n2)[C@@H]1CO[C@H]1CC[C@@H](c2ccccc2)CC1. The fourth-order valence-electron chi connectivity index (χ4n) is 5.12. The number of aromatic hydroxyl groups is 1. The summed E-state index contributed by atoms with van der Waals surface area (Å²) in [7, 11) is 1.42. The van der Waals surface area contributed by atoms with E-state index in [-0.39, 0.29) is 30.0 Å². The lowest BCUT2D eigenvalue weighted by molar-refractivity contribution is -0.0242. The first-order valence-electron chi connectivity index (χ1n) is 11.3. The van der Waals surface area contributed by atoms with Crippen molar-refractivity contribution in [2.75, 3.05) is 20.3 Å². The number of rotatable bonds is 5. The highest BCUT2D eigenvalue weighted by molar-refractivity contribution is 5.68. The fraction of sp³-hybridized carbons (Fsp3) is 0.520. The van der Waals surface area contributed by atoms with Crippen LogP contribution in [0.2, 0.25) is 0 Å². The molecular weight excluding hydrogens is 392 g/mol. The molecule has 6 heteroatoms. The third-order valence-electron chi connectivity index (χ3n) is 6.77. The number of likely N-dealkylation sites (tertiary alicyclic amines) is 1. The zero-order chi connectivity index (χ0) is 21.6. The molecule has 1 aromatic heterocycles. The number of aromatic nitrogens is 1. The van der Waals surface area contributed by atoms with Crippen molar-refractivity contribution in [1.29, 1.82) is 0 Å². The van der Waals surface area contributed by atoms with Gasteiger partial charge in [0.25, 0.3) is 0 Å². The summed E-state index contributed by atoms with van der Waals surface area (Å²) in [5.74, 6) is 0.624. The third kappa shape index (κ3) is 5.18. The molecule has 2 aliphatic rings. The maximum atomic E-state index is 12.5. The predicted molar refractivity (Wildman–Crippen MR) is 118 cm³/mol. The van der Waals surface area contributed by atoms with Gasteiger partial charge in [0.05, 0.1) is 25.9 Å². The molecule has 1 saturated carbocycles. The van der Waals surface area contributed by atoms with E-state index < -0.39 is 0 Å². The predicted octanol–water partition coefficient (Wildman–Crippen LogP) is 4.84. The first-order chi connectivity index (χ1) is 15.2. The van der Waals surface area contributed by atoms with Crippen LogP contribution in [0.25, 0.3) is 0 Å². The Bertz CT molecular complexity index is 852. The van der Waals surface area contributed by atoms with E-state index in [1.165, 1.54) is 12.7 Å². The average Bonchev–Trinajstić information content (AvgIpc) is 2.83. The molecular formula is C25H32N2O4. The molecule has 1 amide bonds. The van der Waals surface area contributed by atoms with Crippen molar-refractivity contribution < 1.29 is 19.4 Å². The van der Waals surface area contributed by atoms with Gasteiger partial charge in [-0.25, -0.2) is 9.78 Å². The highest BCUT2D eigenvalue weighted by atomic mass is 16.5. The quantitative estimate of drug-likeness (QED) is 0.743. The van der Waals surface area contributed by atoms with Crippen LogP contribution < -0.4 is 0 Å². The summed E-state index contributed by atoms with van der Waals surface area (Å²) in [6.45, 7) is 1.11. The third-order valence-corrected chi connectivity index (χ3v) is 6.77. The molecule has 1 N–H and O–H groups in total. The number of nitrogens with zero attached hydrogens (tertiary/aromatic N) is 2. The van der Waals surface area contributed by atoms with Crippen LogP contribution in [0.15, 0.2) is 48.5 Å². The van der Waals surface area contributed by atoms with Gasteiger partial charge in [0.1, 0.15) is 0 Å². The minimum atomic E-state index is -0.328. The number of carbonyl (C=O) groups excluding carboxylic acids is 1. The summed E-state index contributed by atoms with van der Waals surface area (Å²) in [6, 6.07) is 15.9. The molecule has 0 spiro atoms. The van der Waals surface area contributed by atoms with Gasteiger partial charge in [0.2, 0.25) is 5.88 Å². The van der Waals surface area contributed by atoms with Crippen molar-refractivity contribution in [3.05, 3.63) is 59.8 Å². The zero-order valence-electron chi connectivity index (χ0n) is 18.2. The molecule has 2 atom stereocenters. The van der Waals surface area contributed by atoms with Gasteiger partial charge in [-0.05, 0) is 56.1 Å². The van der Waals surface area contributed by atoms with Crippen LogP contribution in [0.3, 0.4) is 0 Å². The molecule has 1 aromatic carbocycles. The summed E-state index contributed by atoms with van der Waals surface area (Å²) in [6.07, 6.45) is 5.95.